The number of amides is 4. The summed E-state index contributed by atoms with van der Waals surface area (Å²) >= 11 is 0. The summed E-state index contributed by atoms with van der Waals surface area (Å²) in [7, 11) is 0. The van der Waals surface area contributed by atoms with E-state index in [0.29, 0.717) is 18.0 Å². The number of nitrogens with zero attached hydrogens (tertiary/aromatic N) is 5. The quantitative estimate of drug-likeness (QED) is 0.499. The molecule has 36 heavy (non-hydrogen) atoms. The molecule has 0 radical (unpaired) electrons. The van der Waals surface area contributed by atoms with Crippen LogP contribution in [-0.4, -0.2) is 50.0 Å². The first-order valence-electron chi connectivity index (χ1n) is 11.6. The van der Waals surface area contributed by atoms with E-state index in [4.69, 9.17) is 9.26 Å². The number of alkyl carbamates (subject to hydrolysis) is 1. The van der Waals surface area contributed by atoms with E-state index in [2.05, 4.69) is 15.6 Å². The molecule has 3 heterocycles. The normalized spacial score (nSPS) is 14.0. The van der Waals surface area contributed by atoms with E-state index >= 15 is 0 Å². The standard InChI is InChI=1S/C25H30N6O5/c1-16-21(17(2)36-28-16)14-30-13-20(11-27-30)31-22(32)15-29(24(31)34)12-19-8-6-7-18(9-19)10-26-23(33)35-25(3,4)5/h6-9,11,13H,10,12,14-15H2,1-5H3,(H,26,33). The van der Waals surface area contributed by atoms with Crippen LogP contribution in [0.15, 0.2) is 41.2 Å². The fraction of sp³-hybridized carbons (Fsp3) is 0.400. The van der Waals surface area contributed by atoms with E-state index in [1.54, 1.807) is 31.6 Å². The lowest BCUT2D eigenvalue weighted by molar-refractivity contribution is -0.116. The van der Waals surface area contributed by atoms with Gasteiger partial charge in [-0.2, -0.15) is 5.10 Å². The molecular formula is C25H30N6O5. The fourth-order valence-corrected chi connectivity index (χ4v) is 3.92. The maximum Gasteiger partial charge on any atom is 0.407 e. The van der Waals surface area contributed by atoms with Crippen LogP contribution < -0.4 is 10.2 Å². The molecule has 0 saturated carbocycles. The predicted octanol–water partition coefficient (Wildman–Crippen LogP) is 3.53. The van der Waals surface area contributed by atoms with Crippen molar-refractivity contribution in [3.63, 3.8) is 0 Å². The van der Waals surface area contributed by atoms with Gasteiger partial charge in [0.25, 0.3) is 5.91 Å². The van der Waals surface area contributed by atoms with Crippen molar-refractivity contribution in [3.8, 4) is 0 Å². The molecule has 2 aromatic heterocycles. The number of nitrogens with one attached hydrogen (secondary N) is 1. The highest BCUT2D eigenvalue weighted by Gasteiger charge is 2.37. The fourth-order valence-electron chi connectivity index (χ4n) is 3.92. The van der Waals surface area contributed by atoms with Crippen LogP contribution in [0.4, 0.5) is 15.3 Å². The summed E-state index contributed by atoms with van der Waals surface area (Å²) in [6, 6.07) is 7.07. The first kappa shape index (κ1) is 25.0. The second kappa shape index (κ2) is 9.84. The van der Waals surface area contributed by atoms with Crippen molar-refractivity contribution in [2.75, 3.05) is 11.4 Å². The molecule has 1 aromatic carbocycles. The third kappa shape index (κ3) is 5.73. The second-order valence-electron chi connectivity index (χ2n) is 9.74. The minimum absolute atomic E-state index is 0.0335. The minimum atomic E-state index is -0.578. The monoisotopic (exact) mass is 494 g/mol. The lowest BCUT2D eigenvalue weighted by atomic mass is 10.1. The number of anilines is 1. The summed E-state index contributed by atoms with van der Waals surface area (Å²) in [6.07, 6.45) is 2.66. The summed E-state index contributed by atoms with van der Waals surface area (Å²) in [5.74, 6) is 0.382. The minimum Gasteiger partial charge on any atom is -0.444 e. The van der Waals surface area contributed by atoms with Gasteiger partial charge in [-0.15, -0.1) is 0 Å². The van der Waals surface area contributed by atoms with Crippen LogP contribution in [0.2, 0.25) is 0 Å². The maximum absolute atomic E-state index is 13.1. The molecule has 1 fully saturated rings. The van der Waals surface area contributed by atoms with Gasteiger partial charge in [0.2, 0.25) is 0 Å². The molecule has 4 rings (SSSR count). The summed E-state index contributed by atoms with van der Waals surface area (Å²) in [6.45, 7) is 10.0. The van der Waals surface area contributed by atoms with Crippen LogP contribution >= 0.6 is 0 Å². The number of carbonyl (C=O) groups is 3. The first-order chi connectivity index (χ1) is 17.0. The van der Waals surface area contributed by atoms with Gasteiger partial charge in [-0.05, 0) is 45.7 Å². The molecular weight excluding hydrogens is 464 g/mol. The van der Waals surface area contributed by atoms with Crippen molar-refractivity contribution >= 4 is 23.7 Å². The average Bonchev–Trinajstić information content (AvgIpc) is 3.45. The van der Waals surface area contributed by atoms with Crippen molar-refractivity contribution < 1.29 is 23.6 Å². The lowest BCUT2D eigenvalue weighted by Crippen LogP contribution is -2.32. The highest BCUT2D eigenvalue weighted by atomic mass is 16.6. The third-order valence-electron chi connectivity index (χ3n) is 5.62. The number of aromatic nitrogens is 3. The van der Waals surface area contributed by atoms with E-state index in [1.165, 1.54) is 11.1 Å². The Kier molecular flexibility index (Phi) is 6.82. The Morgan fingerprint density at radius 1 is 1.17 bits per heavy atom. The number of benzene rings is 1. The number of hydrogen-bond donors (Lipinski definition) is 1. The molecule has 3 aromatic rings. The molecule has 0 unspecified atom stereocenters. The number of ether oxygens (including phenoxy) is 1. The van der Waals surface area contributed by atoms with Gasteiger partial charge in [0.15, 0.2) is 0 Å². The molecule has 1 saturated heterocycles. The zero-order chi connectivity index (χ0) is 26.0. The molecule has 190 valence electrons. The highest BCUT2D eigenvalue weighted by Crippen LogP contribution is 2.23. The van der Waals surface area contributed by atoms with Crippen molar-refractivity contribution in [1.82, 2.24) is 25.2 Å². The van der Waals surface area contributed by atoms with E-state index < -0.39 is 17.7 Å². The largest absolute Gasteiger partial charge is 0.444 e. The van der Waals surface area contributed by atoms with Gasteiger partial charge in [0, 0.05) is 24.8 Å². The number of imide groups is 1. The SMILES string of the molecule is Cc1noc(C)c1Cn1cc(N2C(=O)CN(Cc3cccc(CNC(=O)OC(C)(C)C)c3)C2=O)cn1. The molecule has 1 aliphatic heterocycles. The van der Waals surface area contributed by atoms with Crippen molar-refractivity contribution in [1.29, 1.82) is 0 Å². The van der Waals surface area contributed by atoms with E-state index in [-0.39, 0.29) is 25.5 Å². The number of carbonyl (C=O) groups excluding carboxylic acids is 3. The van der Waals surface area contributed by atoms with Gasteiger partial charge in [0.1, 0.15) is 17.9 Å². The topological polar surface area (TPSA) is 123 Å². The zero-order valence-electron chi connectivity index (χ0n) is 21.1. The number of rotatable bonds is 7. The van der Waals surface area contributed by atoms with Gasteiger partial charge in [-0.3, -0.25) is 9.48 Å². The predicted molar refractivity (Wildman–Crippen MR) is 130 cm³/mol. The number of aryl methyl sites for hydroxylation is 2. The smallest absolute Gasteiger partial charge is 0.407 e. The molecule has 1 aliphatic rings. The molecule has 4 amide bonds. The van der Waals surface area contributed by atoms with E-state index in [9.17, 15) is 14.4 Å². The van der Waals surface area contributed by atoms with Crippen LogP contribution in [0.3, 0.4) is 0 Å². The van der Waals surface area contributed by atoms with Gasteiger partial charge < -0.3 is 19.5 Å². The lowest BCUT2D eigenvalue weighted by Gasteiger charge is -2.20. The third-order valence-corrected chi connectivity index (χ3v) is 5.62. The van der Waals surface area contributed by atoms with E-state index in [1.807, 2.05) is 38.1 Å². The van der Waals surface area contributed by atoms with Gasteiger partial charge in [0.05, 0.1) is 24.1 Å². The van der Waals surface area contributed by atoms with Crippen LogP contribution in [0, 0.1) is 13.8 Å². The summed E-state index contributed by atoms with van der Waals surface area (Å²) in [5, 5.41) is 11.0. The summed E-state index contributed by atoms with van der Waals surface area (Å²) in [5.41, 5.74) is 3.21. The Morgan fingerprint density at radius 3 is 2.61 bits per heavy atom. The van der Waals surface area contributed by atoms with E-state index in [0.717, 1.165) is 27.3 Å². The van der Waals surface area contributed by atoms with Crippen LogP contribution in [0.5, 0.6) is 0 Å². The zero-order valence-corrected chi connectivity index (χ0v) is 21.1. The van der Waals surface area contributed by atoms with Gasteiger partial charge >= 0.3 is 12.1 Å². The summed E-state index contributed by atoms with van der Waals surface area (Å²) < 4.78 is 12.1. The molecule has 0 atom stereocenters. The average molecular weight is 495 g/mol. The Bertz CT molecular complexity index is 1270. The molecule has 11 heteroatoms. The van der Waals surface area contributed by atoms with Crippen molar-refractivity contribution in [2.45, 2.75) is 59.9 Å². The molecule has 0 bridgehead atoms. The maximum atomic E-state index is 13.1. The Labute approximate surface area is 209 Å². The Hall–Kier alpha value is -4.15. The van der Waals surface area contributed by atoms with Gasteiger partial charge in [-0.25, -0.2) is 14.5 Å². The van der Waals surface area contributed by atoms with Gasteiger partial charge in [-0.1, -0.05) is 29.4 Å². The van der Waals surface area contributed by atoms with Crippen LogP contribution in [0.25, 0.3) is 0 Å². The first-order valence-corrected chi connectivity index (χ1v) is 11.6. The second-order valence-corrected chi connectivity index (χ2v) is 9.74. The Morgan fingerprint density at radius 2 is 1.92 bits per heavy atom. The molecule has 1 N–H and O–H groups in total. The summed E-state index contributed by atoms with van der Waals surface area (Å²) in [4.78, 5) is 40.4. The van der Waals surface area contributed by atoms with Crippen LogP contribution in [0.1, 0.15) is 48.9 Å². The van der Waals surface area contributed by atoms with Crippen molar-refractivity contribution in [2.24, 2.45) is 0 Å². The molecule has 0 spiro atoms. The van der Waals surface area contributed by atoms with Crippen molar-refractivity contribution in [3.05, 3.63) is 64.8 Å². The molecule has 0 aliphatic carbocycles. The molecule has 11 nitrogen and oxygen atoms in total. The van der Waals surface area contributed by atoms with Crippen LogP contribution in [-0.2, 0) is 29.2 Å². The highest BCUT2D eigenvalue weighted by molar-refractivity contribution is 6.19. The Balaban J connectivity index is 1.39. The number of hydrogen-bond acceptors (Lipinski definition) is 7. The number of urea groups is 1.